The van der Waals surface area contributed by atoms with E-state index >= 15 is 0 Å². The molecule has 5 nitrogen and oxygen atoms in total. The van der Waals surface area contributed by atoms with Gasteiger partial charge in [0.2, 0.25) is 0 Å². The Morgan fingerprint density at radius 1 is 1.10 bits per heavy atom. The van der Waals surface area contributed by atoms with Gasteiger partial charge in [0.15, 0.2) is 0 Å². The van der Waals surface area contributed by atoms with Crippen LogP contribution in [0, 0.1) is 5.92 Å². The second-order valence-corrected chi connectivity index (χ2v) is 6.84. The number of nitrogens with zero attached hydrogens (tertiary/aromatic N) is 5. The van der Waals surface area contributed by atoms with Crippen molar-refractivity contribution in [3.8, 4) is 0 Å². The third kappa shape index (κ3) is 2.90. The summed E-state index contributed by atoms with van der Waals surface area (Å²) in [6.45, 7) is 8.01. The predicted octanol–water partition coefficient (Wildman–Crippen LogP) is 0.996. The topological polar surface area (TPSA) is 35.5 Å². The molecule has 0 amide bonds. The zero-order valence-electron chi connectivity index (χ0n) is 13.0. The lowest BCUT2D eigenvalue weighted by Gasteiger charge is -2.37. The number of anilines is 1. The summed E-state index contributed by atoms with van der Waals surface area (Å²) in [5, 5.41) is 0. The van der Waals surface area contributed by atoms with Gasteiger partial charge in [0.05, 0.1) is 5.69 Å². The maximum absolute atomic E-state index is 4.62. The van der Waals surface area contributed by atoms with Crippen LogP contribution in [0.3, 0.4) is 0 Å². The first-order chi connectivity index (χ1) is 10.3. The summed E-state index contributed by atoms with van der Waals surface area (Å²) in [5.41, 5.74) is 2.63. The van der Waals surface area contributed by atoms with Crippen molar-refractivity contribution in [3.05, 3.63) is 17.6 Å². The maximum atomic E-state index is 4.62. The fraction of sp³-hybridized carbons (Fsp3) is 0.750. The lowest BCUT2D eigenvalue weighted by Crippen LogP contribution is -2.48. The highest BCUT2D eigenvalue weighted by Gasteiger charge is 2.28. The summed E-state index contributed by atoms with van der Waals surface area (Å²) in [5.74, 6) is 2.19. The SMILES string of the molecule is CN1CCc2ncnc(N3CCN(CC4CC4)CC3)c2C1. The smallest absolute Gasteiger partial charge is 0.136 e. The quantitative estimate of drug-likeness (QED) is 0.829. The van der Waals surface area contributed by atoms with E-state index in [-0.39, 0.29) is 0 Å². The van der Waals surface area contributed by atoms with E-state index in [1.807, 2.05) is 0 Å². The van der Waals surface area contributed by atoms with Crippen LogP contribution < -0.4 is 4.90 Å². The minimum atomic E-state index is 0.994. The molecule has 0 unspecified atom stereocenters. The summed E-state index contributed by atoms with van der Waals surface area (Å²) < 4.78 is 0. The molecule has 3 heterocycles. The molecular weight excluding hydrogens is 262 g/mol. The first-order valence-corrected chi connectivity index (χ1v) is 8.28. The molecule has 2 fully saturated rings. The molecule has 1 saturated carbocycles. The van der Waals surface area contributed by atoms with Crippen molar-refractivity contribution < 1.29 is 0 Å². The van der Waals surface area contributed by atoms with Crippen molar-refractivity contribution in [2.75, 3.05) is 51.2 Å². The Hall–Kier alpha value is -1.20. The largest absolute Gasteiger partial charge is 0.354 e. The minimum absolute atomic E-state index is 0.994. The highest BCUT2D eigenvalue weighted by molar-refractivity contribution is 5.49. The summed E-state index contributed by atoms with van der Waals surface area (Å²) >= 11 is 0. The molecule has 1 aliphatic carbocycles. The molecule has 0 radical (unpaired) electrons. The summed E-state index contributed by atoms with van der Waals surface area (Å²) in [6.07, 6.45) is 5.72. The lowest BCUT2D eigenvalue weighted by molar-refractivity contribution is 0.246. The van der Waals surface area contributed by atoms with Crippen molar-refractivity contribution in [2.45, 2.75) is 25.8 Å². The van der Waals surface area contributed by atoms with Crippen LogP contribution in [0.15, 0.2) is 6.33 Å². The second kappa shape index (κ2) is 5.54. The molecule has 1 aromatic heterocycles. The Balaban J connectivity index is 1.47. The Morgan fingerprint density at radius 2 is 1.90 bits per heavy atom. The van der Waals surface area contributed by atoms with E-state index in [0.717, 1.165) is 38.5 Å². The van der Waals surface area contributed by atoms with E-state index in [1.165, 1.54) is 49.6 Å². The molecule has 0 spiro atoms. The van der Waals surface area contributed by atoms with E-state index < -0.39 is 0 Å². The number of hydrogen-bond donors (Lipinski definition) is 0. The highest BCUT2D eigenvalue weighted by atomic mass is 15.3. The Labute approximate surface area is 127 Å². The van der Waals surface area contributed by atoms with E-state index in [4.69, 9.17) is 0 Å². The average Bonchev–Trinajstić information content (AvgIpc) is 3.31. The van der Waals surface area contributed by atoms with Crippen LogP contribution in [0.25, 0.3) is 0 Å². The van der Waals surface area contributed by atoms with Gasteiger partial charge >= 0.3 is 0 Å². The highest BCUT2D eigenvalue weighted by Crippen LogP contribution is 2.30. The fourth-order valence-electron chi connectivity index (χ4n) is 3.54. The van der Waals surface area contributed by atoms with Crippen molar-refractivity contribution >= 4 is 5.82 Å². The minimum Gasteiger partial charge on any atom is -0.354 e. The average molecular weight is 287 g/mol. The van der Waals surface area contributed by atoms with E-state index in [1.54, 1.807) is 6.33 Å². The zero-order valence-corrected chi connectivity index (χ0v) is 13.0. The first-order valence-electron chi connectivity index (χ1n) is 8.28. The Morgan fingerprint density at radius 3 is 2.67 bits per heavy atom. The van der Waals surface area contributed by atoms with Crippen LogP contribution in [0.4, 0.5) is 5.82 Å². The van der Waals surface area contributed by atoms with Gasteiger partial charge in [0.25, 0.3) is 0 Å². The molecule has 0 aromatic carbocycles. The molecule has 114 valence electrons. The van der Waals surface area contributed by atoms with Crippen LogP contribution in [-0.2, 0) is 13.0 Å². The van der Waals surface area contributed by atoms with Gasteiger partial charge in [-0.25, -0.2) is 9.97 Å². The predicted molar refractivity (Wildman–Crippen MR) is 83.4 cm³/mol. The van der Waals surface area contributed by atoms with Gasteiger partial charge in [0, 0.05) is 57.8 Å². The third-order valence-electron chi connectivity index (χ3n) is 5.06. The fourth-order valence-corrected chi connectivity index (χ4v) is 3.54. The molecule has 21 heavy (non-hydrogen) atoms. The van der Waals surface area contributed by atoms with Gasteiger partial charge in [-0.2, -0.15) is 0 Å². The van der Waals surface area contributed by atoms with Gasteiger partial charge in [-0.1, -0.05) is 0 Å². The van der Waals surface area contributed by atoms with Crippen LogP contribution in [0.5, 0.6) is 0 Å². The molecular formula is C16H25N5. The van der Waals surface area contributed by atoms with Crippen LogP contribution >= 0.6 is 0 Å². The second-order valence-electron chi connectivity index (χ2n) is 6.84. The van der Waals surface area contributed by atoms with E-state index in [0.29, 0.717) is 0 Å². The molecule has 1 aromatic rings. The number of likely N-dealkylation sites (N-methyl/N-ethyl adjacent to an activating group) is 1. The third-order valence-corrected chi connectivity index (χ3v) is 5.06. The lowest BCUT2D eigenvalue weighted by atomic mass is 10.1. The molecule has 2 aliphatic heterocycles. The van der Waals surface area contributed by atoms with Crippen LogP contribution in [-0.4, -0.2) is 66.1 Å². The standard InChI is InChI=1S/C16H25N5/c1-19-5-4-15-14(11-19)16(18-12-17-15)21-8-6-20(7-9-21)10-13-2-3-13/h12-13H,2-11H2,1H3. The van der Waals surface area contributed by atoms with E-state index in [9.17, 15) is 0 Å². The maximum Gasteiger partial charge on any atom is 0.136 e. The first kappa shape index (κ1) is 13.5. The van der Waals surface area contributed by atoms with Gasteiger partial charge in [0.1, 0.15) is 12.1 Å². The molecule has 3 aliphatic rings. The molecule has 0 bridgehead atoms. The number of piperazine rings is 1. The molecule has 0 atom stereocenters. The summed E-state index contributed by atoms with van der Waals surface area (Å²) in [4.78, 5) is 16.6. The van der Waals surface area contributed by atoms with Gasteiger partial charge in [-0.15, -0.1) is 0 Å². The zero-order chi connectivity index (χ0) is 14.2. The van der Waals surface area contributed by atoms with Gasteiger partial charge in [-0.3, -0.25) is 4.90 Å². The molecule has 1 saturated heterocycles. The number of fused-ring (bicyclic) bond motifs is 1. The number of hydrogen-bond acceptors (Lipinski definition) is 5. The number of aromatic nitrogens is 2. The molecule has 4 rings (SSSR count). The summed E-state index contributed by atoms with van der Waals surface area (Å²) in [6, 6.07) is 0. The summed E-state index contributed by atoms with van der Waals surface area (Å²) in [7, 11) is 2.19. The Kier molecular flexibility index (Phi) is 3.55. The molecule has 5 heteroatoms. The van der Waals surface area contributed by atoms with Crippen molar-refractivity contribution in [2.24, 2.45) is 5.92 Å². The van der Waals surface area contributed by atoms with Gasteiger partial charge in [-0.05, 0) is 25.8 Å². The number of rotatable bonds is 3. The van der Waals surface area contributed by atoms with Crippen LogP contribution in [0.2, 0.25) is 0 Å². The van der Waals surface area contributed by atoms with Crippen molar-refractivity contribution in [3.63, 3.8) is 0 Å². The van der Waals surface area contributed by atoms with Gasteiger partial charge < -0.3 is 9.80 Å². The normalized spacial score (nSPS) is 24.1. The van der Waals surface area contributed by atoms with E-state index in [2.05, 4.69) is 31.7 Å². The van der Waals surface area contributed by atoms with Crippen molar-refractivity contribution in [1.82, 2.24) is 19.8 Å². The van der Waals surface area contributed by atoms with Crippen LogP contribution in [0.1, 0.15) is 24.1 Å². The molecule has 0 N–H and O–H groups in total. The van der Waals surface area contributed by atoms with Crippen molar-refractivity contribution in [1.29, 1.82) is 0 Å². The monoisotopic (exact) mass is 287 g/mol. The Bertz CT molecular complexity index is 505.